The summed E-state index contributed by atoms with van der Waals surface area (Å²) in [4.78, 5) is 5.49. The lowest BCUT2D eigenvalue weighted by Gasteiger charge is -2.48. The summed E-state index contributed by atoms with van der Waals surface area (Å²) in [7, 11) is 0. The standard InChI is InChI=1S/C53H88N2/c1-3-12-42-33-46(37-24-26-40(27-25-37)50-22-10-16-38-14-5-7-20-48(38)50)35-53(44-29-28-43(32-44)51-23-11-17-39-15-6-8-21-49(39)51)52(42)30-31-55-47-19-9-18-41(34-47)45(36-54)13-4-2/h3,31,37-47,49,51-53H,1,4-30,32-36,54H2,2H3/t37?,38?,39-,40?,41?,42?,43?,44?,45?,46?,47?,49?,51?,52?,53?/m0/s1. The molecule has 8 aliphatic carbocycles. The fourth-order valence-electron chi connectivity index (χ4n) is 16.7. The molecule has 8 aliphatic rings. The number of nitrogens with two attached hydrogens (primary N) is 1. The van der Waals surface area contributed by atoms with Crippen LogP contribution in [-0.4, -0.2) is 18.8 Å². The summed E-state index contributed by atoms with van der Waals surface area (Å²) in [6.45, 7) is 7.62. The van der Waals surface area contributed by atoms with Crippen LogP contribution in [0.3, 0.4) is 0 Å². The molecule has 0 aromatic rings. The van der Waals surface area contributed by atoms with Gasteiger partial charge < -0.3 is 5.73 Å². The Kier molecular flexibility index (Phi) is 14.8. The van der Waals surface area contributed by atoms with E-state index in [1.165, 1.54) is 154 Å². The third-order valence-corrected chi connectivity index (χ3v) is 19.3. The number of allylic oxidation sites excluding steroid dienone is 3. The van der Waals surface area contributed by atoms with Gasteiger partial charge in [-0.25, -0.2) is 0 Å². The van der Waals surface area contributed by atoms with E-state index in [0.29, 0.717) is 12.0 Å². The summed E-state index contributed by atoms with van der Waals surface area (Å²) in [6.07, 6.45) is 50.2. The third kappa shape index (κ3) is 9.62. The van der Waals surface area contributed by atoms with Crippen LogP contribution in [0.15, 0.2) is 28.8 Å². The minimum atomic E-state index is 0.544. The molecule has 0 aliphatic heterocycles. The Balaban J connectivity index is 0.968. The van der Waals surface area contributed by atoms with Crippen molar-refractivity contribution in [3.8, 4) is 0 Å². The lowest BCUT2D eigenvalue weighted by molar-refractivity contribution is 0.0264. The summed E-state index contributed by atoms with van der Waals surface area (Å²) in [5, 5.41) is 0. The van der Waals surface area contributed by atoms with Gasteiger partial charge in [-0.3, -0.25) is 4.99 Å². The predicted octanol–water partition coefficient (Wildman–Crippen LogP) is 14.7. The van der Waals surface area contributed by atoms with Crippen LogP contribution in [0.25, 0.3) is 0 Å². The van der Waals surface area contributed by atoms with E-state index in [9.17, 15) is 0 Å². The van der Waals surface area contributed by atoms with Crippen LogP contribution in [-0.2, 0) is 0 Å². The lowest BCUT2D eigenvalue weighted by Crippen LogP contribution is -2.40. The quantitative estimate of drug-likeness (QED) is 0.148. The van der Waals surface area contributed by atoms with Crippen LogP contribution in [0.5, 0.6) is 0 Å². The first-order valence-corrected chi connectivity index (χ1v) is 25.7. The molecule has 13 atom stereocenters. The zero-order valence-electron chi connectivity index (χ0n) is 36.2. The largest absolute Gasteiger partial charge is 0.330 e. The van der Waals surface area contributed by atoms with Gasteiger partial charge in [-0.2, -0.15) is 0 Å². The van der Waals surface area contributed by atoms with Crippen LogP contribution in [0.1, 0.15) is 206 Å². The number of nitrogens with zero attached hydrogens (tertiary/aromatic N) is 1. The molecule has 0 radical (unpaired) electrons. The monoisotopic (exact) mass is 753 g/mol. The van der Waals surface area contributed by atoms with E-state index in [1.807, 2.05) is 11.1 Å². The molecule has 0 aromatic heterocycles. The van der Waals surface area contributed by atoms with Crippen LogP contribution < -0.4 is 5.73 Å². The first kappa shape index (κ1) is 40.9. The van der Waals surface area contributed by atoms with Crippen molar-refractivity contribution in [2.75, 3.05) is 6.54 Å². The summed E-state index contributed by atoms with van der Waals surface area (Å²) >= 11 is 0. The van der Waals surface area contributed by atoms with Crippen molar-refractivity contribution in [2.24, 2.45) is 93.6 Å². The van der Waals surface area contributed by atoms with Crippen molar-refractivity contribution < 1.29 is 0 Å². The number of hydrogen-bond donors (Lipinski definition) is 1. The second-order valence-electron chi connectivity index (χ2n) is 21.9. The molecule has 55 heavy (non-hydrogen) atoms. The lowest BCUT2D eigenvalue weighted by atomic mass is 9.57. The van der Waals surface area contributed by atoms with Gasteiger partial charge in [0.05, 0.1) is 0 Å². The van der Waals surface area contributed by atoms with Gasteiger partial charge in [-0.05, 0) is 243 Å². The fourth-order valence-corrected chi connectivity index (χ4v) is 16.7. The molecular weight excluding hydrogens is 665 g/mol. The molecule has 7 fully saturated rings. The van der Waals surface area contributed by atoms with E-state index >= 15 is 0 Å². The minimum Gasteiger partial charge on any atom is -0.330 e. The first-order valence-electron chi connectivity index (χ1n) is 25.7. The molecular formula is C53H88N2. The van der Waals surface area contributed by atoms with Crippen molar-refractivity contribution >= 4 is 6.21 Å². The second kappa shape index (κ2) is 19.9. The molecule has 0 heterocycles. The van der Waals surface area contributed by atoms with Gasteiger partial charge in [0.15, 0.2) is 0 Å². The molecule has 12 unspecified atom stereocenters. The fraction of sp³-hybridized carbons (Fsp3) is 0.906. The average Bonchev–Trinajstić information content (AvgIpc) is 3.73. The molecule has 8 rings (SSSR count). The number of aliphatic imine (C=N–C) groups is 1. The maximum absolute atomic E-state index is 6.32. The topological polar surface area (TPSA) is 38.4 Å². The van der Waals surface area contributed by atoms with Crippen LogP contribution >= 0.6 is 0 Å². The highest BCUT2D eigenvalue weighted by atomic mass is 14.8. The molecule has 2 heteroatoms. The van der Waals surface area contributed by atoms with E-state index in [1.54, 1.807) is 44.9 Å². The van der Waals surface area contributed by atoms with Crippen molar-refractivity contribution in [1.82, 2.24) is 0 Å². The molecule has 310 valence electrons. The van der Waals surface area contributed by atoms with Crippen molar-refractivity contribution in [1.29, 1.82) is 0 Å². The predicted molar refractivity (Wildman–Crippen MR) is 236 cm³/mol. The van der Waals surface area contributed by atoms with Crippen molar-refractivity contribution in [3.05, 3.63) is 23.8 Å². The smallest absolute Gasteiger partial charge is 0.0498 e. The van der Waals surface area contributed by atoms with Crippen LogP contribution in [0.4, 0.5) is 0 Å². The van der Waals surface area contributed by atoms with E-state index in [4.69, 9.17) is 10.7 Å². The minimum absolute atomic E-state index is 0.544. The molecule has 0 spiro atoms. The Hall–Kier alpha value is -0.890. The maximum Gasteiger partial charge on any atom is 0.0498 e. The second-order valence-corrected chi connectivity index (χ2v) is 21.9. The number of rotatable bonds is 13. The molecule has 2 N–H and O–H groups in total. The summed E-state index contributed by atoms with van der Waals surface area (Å²) in [5.41, 5.74) is 10.3. The Morgan fingerprint density at radius 1 is 0.600 bits per heavy atom. The van der Waals surface area contributed by atoms with E-state index in [0.717, 1.165) is 83.5 Å². The molecule has 2 nitrogen and oxygen atoms in total. The zero-order chi connectivity index (χ0) is 37.6. The zero-order valence-corrected chi connectivity index (χ0v) is 36.2. The van der Waals surface area contributed by atoms with Gasteiger partial charge in [-0.15, -0.1) is 6.58 Å². The molecule has 0 aromatic carbocycles. The SMILES string of the molecule is C=CCC1CC(C2CCC(C3=C4CCCCC4CCC3)CC2)CC(C2CCC(C3CCC[C@@H]4CCCCC34)C2)C1CC=NC1CCCC(C(CN)CCC)C1. The van der Waals surface area contributed by atoms with Crippen LogP contribution in [0.2, 0.25) is 0 Å². The normalized spacial score (nSPS) is 43.5. The molecule has 7 saturated carbocycles. The van der Waals surface area contributed by atoms with Crippen molar-refractivity contribution in [3.63, 3.8) is 0 Å². The number of fused-ring (bicyclic) bond motifs is 2. The molecule has 0 saturated heterocycles. The van der Waals surface area contributed by atoms with Gasteiger partial charge >= 0.3 is 0 Å². The van der Waals surface area contributed by atoms with E-state index in [-0.39, 0.29) is 0 Å². The van der Waals surface area contributed by atoms with Gasteiger partial charge in [0.1, 0.15) is 0 Å². The summed E-state index contributed by atoms with van der Waals surface area (Å²) in [5.74, 6) is 13.1. The highest BCUT2D eigenvalue weighted by Crippen LogP contribution is 2.57. The van der Waals surface area contributed by atoms with Gasteiger partial charge in [0.2, 0.25) is 0 Å². The van der Waals surface area contributed by atoms with Crippen molar-refractivity contribution in [2.45, 2.75) is 212 Å². The summed E-state index contributed by atoms with van der Waals surface area (Å²) < 4.78 is 0. The van der Waals surface area contributed by atoms with Gasteiger partial charge in [-0.1, -0.05) is 75.5 Å². The Bertz CT molecular complexity index is 1250. The molecule has 0 bridgehead atoms. The third-order valence-electron chi connectivity index (χ3n) is 19.3. The Morgan fingerprint density at radius 2 is 1.27 bits per heavy atom. The van der Waals surface area contributed by atoms with Gasteiger partial charge in [0, 0.05) is 6.04 Å². The Labute approximate surface area is 341 Å². The van der Waals surface area contributed by atoms with E-state index in [2.05, 4.69) is 25.8 Å². The number of hydrogen-bond acceptors (Lipinski definition) is 2. The Morgan fingerprint density at radius 3 is 2.09 bits per heavy atom. The van der Waals surface area contributed by atoms with Gasteiger partial charge in [0.25, 0.3) is 0 Å². The average molecular weight is 753 g/mol. The highest BCUT2D eigenvalue weighted by Gasteiger charge is 2.48. The van der Waals surface area contributed by atoms with Crippen LogP contribution in [0, 0.1) is 82.9 Å². The first-order chi connectivity index (χ1) is 27.1. The summed E-state index contributed by atoms with van der Waals surface area (Å²) in [6, 6.07) is 0.544. The molecule has 0 amide bonds. The van der Waals surface area contributed by atoms with E-state index < -0.39 is 0 Å². The maximum atomic E-state index is 6.32. The highest BCUT2D eigenvalue weighted by molar-refractivity contribution is 5.58.